The largest absolute Gasteiger partial charge is 0.294 e. The summed E-state index contributed by atoms with van der Waals surface area (Å²) in [4.78, 5) is 12.4. The van der Waals surface area contributed by atoms with E-state index in [4.69, 9.17) is 0 Å². The Bertz CT molecular complexity index is 495. The van der Waals surface area contributed by atoms with Crippen LogP contribution in [0.1, 0.15) is 35.2 Å². The summed E-state index contributed by atoms with van der Waals surface area (Å²) in [6.07, 6.45) is 3.78. The van der Waals surface area contributed by atoms with Gasteiger partial charge in [-0.15, -0.1) is 0 Å². The zero-order chi connectivity index (χ0) is 10.9. The molecule has 3 aliphatic rings. The van der Waals surface area contributed by atoms with Gasteiger partial charge >= 0.3 is 0 Å². The summed E-state index contributed by atoms with van der Waals surface area (Å²) in [7, 11) is 0. The number of halogens is 1. The number of rotatable bonds is 0. The van der Waals surface area contributed by atoms with E-state index < -0.39 is 0 Å². The molecule has 3 aliphatic carbocycles. The highest BCUT2D eigenvalue weighted by atomic mass is 79.9. The van der Waals surface area contributed by atoms with Gasteiger partial charge in [0.15, 0.2) is 5.78 Å². The van der Waals surface area contributed by atoms with Gasteiger partial charge in [-0.3, -0.25) is 4.79 Å². The fourth-order valence-corrected chi connectivity index (χ4v) is 5.63. The molecule has 1 aromatic rings. The molecule has 0 heterocycles. The molecule has 16 heavy (non-hydrogen) atoms. The van der Waals surface area contributed by atoms with E-state index in [0.717, 1.165) is 5.56 Å². The highest BCUT2D eigenvalue weighted by Crippen LogP contribution is 2.67. The molecule has 0 unspecified atom stereocenters. The molecular formula is C14H13BrO. The number of carbonyl (C=O) groups excluding carboxylic acids is 1. The van der Waals surface area contributed by atoms with Gasteiger partial charge in [0.25, 0.3) is 0 Å². The maximum absolute atomic E-state index is 12.4. The maximum Gasteiger partial charge on any atom is 0.168 e. The van der Waals surface area contributed by atoms with E-state index in [9.17, 15) is 4.79 Å². The van der Waals surface area contributed by atoms with Gasteiger partial charge < -0.3 is 0 Å². The molecule has 2 fully saturated rings. The number of Topliss-reactive ketones (excluding diaryl/α,β-unsaturated/α-hetero) is 1. The quantitative estimate of drug-likeness (QED) is 0.663. The second-order valence-corrected chi connectivity index (χ2v) is 6.74. The summed E-state index contributed by atoms with van der Waals surface area (Å²) < 4.78 is -0.0103. The number of ketones is 1. The van der Waals surface area contributed by atoms with E-state index in [2.05, 4.69) is 28.1 Å². The SMILES string of the molecule is O=C1c2ccccc2[C@]2(Br)[C@@H]3CC[C@H](C3)[C@H]12. The lowest BCUT2D eigenvalue weighted by Crippen LogP contribution is -2.33. The third-order valence-corrected chi connectivity index (χ3v) is 6.45. The van der Waals surface area contributed by atoms with Crippen LogP contribution < -0.4 is 0 Å². The number of benzene rings is 1. The zero-order valence-corrected chi connectivity index (χ0v) is 10.5. The highest BCUT2D eigenvalue weighted by Gasteiger charge is 2.64. The van der Waals surface area contributed by atoms with Crippen LogP contribution in [0.2, 0.25) is 0 Å². The Morgan fingerprint density at radius 1 is 1.25 bits per heavy atom. The van der Waals surface area contributed by atoms with E-state index in [1.54, 1.807) is 0 Å². The van der Waals surface area contributed by atoms with Gasteiger partial charge in [-0.1, -0.05) is 40.2 Å². The fourth-order valence-electron chi connectivity index (χ4n) is 4.29. The van der Waals surface area contributed by atoms with Crippen molar-refractivity contribution in [2.24, 2.45) is 17.8 Å². The Kier molecular flexibility index (Phi) is 1.64. The summed E-state index contributed by atoms with van der Waals surface area (Å²) in [6, 6.07) is 8.18. The molecular weight excluding hydrogens is 264 g/mol. The summed E-state index contributed by atoms with van der Waals surface area (Å²) in [5, 5.41) is 0. The van der Waals surface area contributed by atoms with Gasteiger partial charge in [0, 0.05) is 11.5 Å². The van der Waals surface area contributed by atoms with Gasteiger partial charge in [0.05, 0.1) is 4.32 Å². The lowest BCUT2D eigenvalue weighted by molar-refractivity contribution is 0.0873. The second kappa shape index (κ2) is 2.79. The van der Waals surface area contributed by atoms with Crippen LogP contribution in [0.25, 0.3) is 0 Å². The van der Waals surface area contributed by atoms with Crippen molar-refractivity contribution in [3.63, 3.8) is 0 Å². The lowest BCUT2D eigenvalue weighted by atomic mass is 9.79. The first-order valence-electron chi connectivity index (χ1n) is 6.05. The van der Waals surface area contributed by atoms with Gasteiger partial charge in [0.1, 0.15) is 0 Å². The van der Waals surface area contributed by atoms with Crippen molar-refractivity contribution in [1.82, 2.24) is 0 Å². The Morgan fingerprint density at radius 2 is 2.06 bits per heavy atom. The number of hydrogen-bond donors (Lipinski definition) is 0. The van der Waals surface area contributed by atoms with Crippen LogP contribution in [0, 0.1) is 17.8 Å². The monoisotopic (exact) mass is 276 g/mol. The van der Waals surface area contributed by atoms with E-state index in [-0.39, 0.29) is 10.2 Å². The standard InChI is InChI=1S/C14H13BrO/c15-14-9-6-5-8(7-9)12(14)13(16)10-3-1-2-4-11(10)14/h1-4,8-9,12H,5-7H2/t8-,9-,12-,14-/m1/s1. The van der Waals surface area contributed by atoms with Crippen LogP contribution in [0.5, 0.6) is 0 Å². The smallest absolute Gasteiger partial charge is 0.168 e. The summed E-state index contributed by atoms with van der Waals surface area (Å²) in [5.74, 6) is 1.92. The number of fused-ring (bicyclic) bond motifs is 7. The average molecular weight is 277 g/mol. The number of hydrogen-bond acceptors (Lipinski definition) is 1. The fraction of sp³-hybridized carbons (Fsp3) is 0.500. The molecule has 2 bridgehead atoms. The van der Waals surface area contributed by atoms with E-state index in [1.165, 1.54) is 24.8 Å². The predicted molar refractivity (Wildman–Crippen MR) is 65.7 cm³/mol. The first-order valence-corrected chi connectivity index (χ1v) is 6.85. The lowest BCUT2D eigenvalue weighted by Gasteiger charge is -2.33. The molecule has 4 rings (SSSR count). The van der Waals surface area contributed by atoms with Crippen molar-refractivity contribution in [2.45, 2.75) is 23.6 Å². The number of alkyl halides is 1. The first-order chi connectivity index (χ1) is 7.73. The molecule has 1 nitrogen and oxygen atoms in total. The van der Waals surface area contributed by atoms with Crippen LogP contribution >= 0.6 is 15.9 Å². The third-order valence-electron chi connectivity index (χ3n) is 4.88. The first kappa shape index (κ1) is 9.41. The molecule has 0 radical (unpaired) electrons. The van der Waals surface area contributed by atoms with Crippen molar-refractivity contribution in [1.29, 1.82) is 0 Å². The molecule has 1 aromatic carbocycles. The third kappa shape index (κ3) is 0.839. The molecule has 0 aromatic heterocycles. The molecule has 0 spiro atoms. The average Bonchev–Trinajstić information content (AvgIpc) is 2.92. The maximum atomic E-state index is 12.4. The highest BCUT2D eigenvalue weighted by molar-refractivity contribution is 9.09. The van der Waals surface area contributed by atoms with E-state index in [0.29, 0.717) is 17.6 Å². The zero-order valence-electron chi connectivity index (χ0n) is 8.95. The number of carbonyl (C=O) groups is 1. The summed E-state index contributed by atoms with van der Waals surface area (Å²) in [6.45, 7) is 0. The normalized spacial score (nSPS) is 43.6. The van der Waals surface area contributed by atoms with Crippen molar-refractivity contribution in [2.75, 3.05) is 0 Å². The molecule has 0 aliphatic heterocycles. The summed E-state index contributed by atoms with van der Waals surface area (Å²) >= 11 is 3.95. The van der Waals surface area contributed by atoms with Crippen LogP contribution in [0.4, 0.5) is 0 Å². The van der Waals surface area contributed by atoms with Crippen LogP contribution in [-0.4, -0.2) is 5.78 Å². The Labute approximate surface area is 103 Å². The Balaban J connectivity index is 2.00. The minimum absolute atomic E-state index is 0.0103. The van der Waals surface area contributed by atoms with Crippen molar-refractivity contribution in [3.05, 3.63) is 35.4 Å². The molecule has 0 N–H and O–H groups in total. The molecule has 2 saturated carbocycles. The van der Waals surface area contributed by atoms with Gasteiger partial charge in [-0.2, -0.15) is 0 Å². The molecule has 82 valence electrons. The van der Waals surface area contributed by atoms with E-state index in [1.807, 2.05) is 12.1 Å². The van der Waals surface area contributed by atoms with Crippen LogP contribution in [0.15, 0.2) is 24.3 Å². The molecule has 2 heteroatoms. The topological polar surface area (TPSA) is 17.1 Å². The second-order valence-electron chi connectivity index (χ2n) is 5.43. The van der Waals surface area contributed by atoms with Gasteiger partial charge in [-0.25, -0.2) is 0 Å². The van der Waals surface area contributed by atoms with Crippen molar-refractivity contribution in [3.8, 4) is 0 Å². The molecule has 0 amide bonds. The van der Waals surface area contributed by atoms with Crippen LogP contribution in [0.3, 0.4) is 0 Å². The van der Waals surface area contributed by atoms with Crippen LogP contribution in [-0.2, 0) is 4.32 Å². The minimum Gasteiger partial charge on any atom is -0.294 e. The predicted octanol–water partition coefficient (Wildman–Crippen LogP) is 3.52. The van der Waals surface area contributed by atoms with E-state index >= 15 is 0 Å². The van der Waals surface area contributed by atoms with Crippen molar-refractivity contribution < 1.29 is 4.79 Å². The molecule has 0 saturated heterocycles. The Morgan fingerprint density at radius 3 is 2.94 bits per heavy atom. The van der Waals surface area contributed by atoms with Crippen molar-refractivity contribution >= 4 is 21.7 Å². The summed E-state index contributed by atoms with van der Waals surface area (Å²) in [5.41, 5.74) is 2.23. The van der Waals surface area contributed by atoms with Gasteiger partial charge in [0.2, 0.25) is 0 Å². The minimum atomic E-state index is -0.0103. The van der Waals surface area contributed by atoms with Gasteiger partial charge in [-0.05, 0) is 36.7 Å². The molecule has 4 atom stereocenters. The Hall–Kier alpha value is -0.630.